The fraction of sp³-hybridized carbons (Fsp3) is 0.381. The Morgan fingerprint density at radius 1 is 1.15 bits per heavy atom. The average Bonchev–Trinajstić information content (AvgIpc) is 2.73. The Kier molecular flexibility index (Phi) is 6.54. The molecule has 6 heteroatoms. The van der Waals surface area contributed by atoms with Crippen LogP contribution >= 0.6 is 0 Å². The second-order valence-corrected chi connectivity index (χ2v) is 6.42. The Labute approximate surface area is 160 Å². The van der Waals surface area contributed by atoms with E-state index in [9.17, 15) is 4.79 Å². The van der Waals surface area contributed by atoms with Crippen molar-refractivity contribution in [3.8, 4) is 11.5 Å². The van der Waals surface area contributed by atoms with E-state index in [1.807, 2.05) is 24.3 Å². The predicted molar refractivity (Wildman–Crippen MR) is 104 cm³/mol. The van der Waals surface area contributed by atoms with E-state index in [-0.39, 0.29) is 5.91 Å². The van der Waals surface area contributed by atoms with Gasteiger partial charge in [0.25, 0.3) is 5.91 Å². The number of amides is 1. The molecule has 0 radical (unpaired) electrons. The lowest BCUT2D eigenvalue weighted by Gasteiger charge is -2.28. The maximum absolute atomic E-state index is 12.3. The van der Waals surface area contributed by atoms with Crippen molar-refractivity contribution >= 4 is 11.6 Å². The van der Waals surface area contributed by atoms with E-state index in [0.29, 0.717) is 18.0 Å². The molecule has 2 aromatic rings. The number of morpholine rings is 1. The van der Waals surface area contributed by atoms with Gasteiger partial charge in [-0.05, 0) is 36.8 Å². The first kappa shape index (κ1) is 19.0. The van der Waals surface area contributed by atoms with Crippen molar-refractivity contribution in [2.24, 2.45) is 0 Å². The van der Waals surface area contributed by atoms with Gasteiger partial charge in [0.2, 0.25) is 0 Å². The van der Waals surface area contributed by atoms with Crippen LogP contribution < -0.4 is 19.7 Å². The summed E-state index contributed by atoms with van der Waals surface area (Å²) in [5, 5.41) is 2.92. The highest BCUT2D eigenvalue weighted by Crippen LogP contribution is 2.20. The second kappa shape index (κ2) is 9.28. The van der Waals surface area contributed by atoms with Gasteiger partial charge < -0.3 is 24.4 Å². The summed E-state index contributed by atoms with van der Waals surface area (Å²) >= 11 is 0. The zero-order valence-corrected chi connectivity index (χ0v) is 15.8. The first-order valence-corrected chi connectivity index (χ1v) is 9.16. The van der Waals surface area contributed by atoms with E-state index in [0.717, 1.165) is 31.9 Å². The minimum absolute atomic E-state index is 0.157. The first-order chi connectivity index (χ1) is 13.2. The van der Waals surface area contributed by atoms with Crippen molar-refractivity contribution in [2.45, 2.75) is 19.6 Å². The molecule has 144 valence electrons. The number of hydrogen-bond acceptors (Lipinski definition) is 5. The van der Waals surface area contributed by atoms with Crippen molar-refractivity contribution in [3.05, 3.63) is 54.1 Å². The third kappa shape index (κ3) is 5.37. The molecule has 3 rings (SSSR count). The number of nitrogens with one attached hydrogen (secondary N) is 1. The number of carbonyl (C=O) groups excluding carboxylic acids is 1. The van der Waals surface area contributed by atoms with Crippen molar-refractivity contribution in [1.82, 2.24) is 5.32 Å². The molecule has 27 heavy (non-hydrogen) atoms. The molecule has 0 saturated carbocycles. The summed E-state index contributed by atoms with van der Waals surface area (Å²) in [6.07, 6.45) is -0.593. The van der Waals surface area contributed by atoms with Gasteiger partial charge in [0.15, 0.2) is 6.10 Å². The summed E-state index contributed by atoms with van der Waals surface area (Å²) in [5.41, 5.74) is 2.23. The van der Waals surface area contributed by atoms with Crippen LogP contribution in [0.15, 0.2) is 48.5 Å². The molecule has 0 spiro atoms. The molecule has 1 fully saturated rings. The fourth-order valence-corrected chi connectivity index (χ4v) is 2.91. The zero-order valence-electron chi connectivity index (χ0n) is 15.8. The molecule has 0 bridgehead atoms. The standard InChI is InChI=1S/C21H26N2O4/c1-16(27-20-5-3-4-19(14-20)25-2)21(24)22-15-17-6-8-18(9-7-17)23-10-12-26-13-11-23/h3-9,14,16H,10-13,15H2,1-2H3,(H,22,24)/t16-/m1/s1. The number of rotatable bonds is 7. The van der Waals surface area contributed by atoms with Crippen molar-refractivity contribution in [1.29, 1.82) is 0 Å². The van der Waals surface area contributed by atoms with Crippen LogP contribution in [-0.4, -0.2) is 45.4 Å². The Balaban J connectivity index is 1.49. The zero-order chi connectivity index (χ0) is 19.1. The number of methoxy groups -OCH3 is 1. The topological polar surface area (TPSA) is 60.0 Å². The van der Waals surface area contributed by atoms with E-state index < -0.39 is 6.10 Å². The number of nitrogens with zero attached hydrogens (tertiary/aromatic N) is 1. The second-order valence-electron chi connectivity index (χ2n) is 6.42. The van der Waals surface area contributed by atoms with Crippen LogP contribution in [0, 0.1) is 0 Å². The number of benzene rings is 2. The highest BCUT2D eigenvalue weighted by molar-refractivity contribution is 5.80. The molecule has 2 aromatic carbocycles. The minimum atomic E-state index is -0.593. The highest BCUT2D eigenvalue weighted by Gasteiger charge is 2.15. The molecule has 1 amide bonds. The molecular weight excluding hydrogens is 344 g/mol. The lowest BCUT2D eigenvalue weighted by Crippen LogP contribution is -2.36. The third-order valence-corrected chi connectivity index (χ3v) is 4.50. The summed E-state index contributed by atoms with van der Waals surface area (Å²) < 4.78 is 16.2. The van der Waals surface area contributed by atoms with Gasteiger partial charge in [0.05, 0.1) is 20.3 Å². The third-order valence-electron chi connectivity index (χ3n) is 4.50. The van der Waals surface area contributed by atoms with Crippen LogP contribution in [0.5, 0.6) is 11.5 Å². The number of carbonyl (C=O) groups is 1. The van der Waals surface area contributed by atoms with Gasteiger partial charge in [-0.2, -0.15) is 0 Å². The van der Waals surface area contributed by atoms with Crippen LogP contribution in [0.4, 0.5) is 5.69 Å². The quantitative estimate of drug-likeness (QED) is 0.812. The molecular formula is C21H26N2O4. The molecule has 0 unspecified atom stereocenters. The van der Waals surface area contributed by atoms with Crippen LogP contribution in [0.1, 0.15) is 12.5 Å². The van der Waals surface area contributed by atoms with Gasteiger partial charge in [0.1, 0.15) is 11.5 Å². The van der Waals surface area contributed by atoms with Gasteiger partial charge in [-0.1, -0.05) is 18.2 Å². The summed E-state index contributed by atoms with van der Waals surface area (Å²) in [4.78, 5) is 14.6. The van der Waals surface area contributed by atoms with Gasteiger partial charge in [-0.3, -0.25) is 4.79 Å². The number of hydrogen-bond donors (Lipinski definition) is 1. The molecule has 1 aliphatic rings. The molecule has 1 aliphatic heterocycles. The van der Waals surface area contributed by atoms with Crippen LogP contribution in [0.25, 0.3) is 0 Å². The molecule has 0 aliphatic carbocycles. The monoisotopic (exact) mass is 370 g/mol. The lowest BCUT2D eigenvalue weighted by atomic mass is 10.2. The van der Waals surface area contributed by atoms with Gasteiger partial charge >= 0.3 is 0 Å². The molecule has 0 aromatic heterocycles. The van der Waals surface area contributed by atoms with E-state index in [4.69, 9.17) is 14.2 Å². The number of anilines is 1. The maximum atomic E-state index is 12.3. The normalized spacial score (nSPS) is 15.1. The van der Waals surface area contributed by atoms with Crippen molar-refractivity contribution < 1.29 is 19.0 Å². The maximum Gasteiger partial charge on any atom is 0.261 e. The van der Waals surface area contributed by atoms with Crippen LogP contribution in [0.3, 0.4) is 0 Å². The molecule has 1 heterocycles. The SMILES string of the molecule is COc1cccc(O[C@H](C)C(=O)NCc2ccc(N3CCOCC3)cc2)c1. The Hall–Kier alpha value is -2.73. The summed E-state index contributed by atoms with van der Waals surface area (Å²) in [6, 6.07) is 15.5. The smallest absolute Gasteiger partial charge is 0.261 e. The van der Waals surface area contributed by atoms with E-state index in [1.165, 1.54) is 5.69 Å². The van der Waals surface area contributed by atoms with Crippen LogP contribution in [0.2, 0.25) is 0 Å². The molecule has 1 saturated heterocycles. The summed E-state index contributed by atoms with van der Waals surface area (Å²) in [6.45, 7) is 5.56. The van der Waals surface area contributed by atoms with Crippen molar-refractivity contribution in [2.75, 3.05) is 38.3 Å². The molecule has 6 nitrogen and oxygen atoms in total. The van der Waals surface area contributed by atoms with Crippen LogP contribution in [-0.2, 0) is 16.1 Å². The average molecular weight is 370 g/mol. The Morgan fingerprint density at radius 2 is 1.85 bits per heavy atom. The Bertz CT molecular complexity index is 742. The summed E-state index contributed by atoms with van der Waals surface area (Å²) in [5.74, 6) is 1.14. The molecule has 1 N–H and O–H groups in total. The lowest BCUT2D eigenvalue weighted by molar-refractivity contribution is -0.127. The van der Waals surface area contributed by atoms with Gasteiger partial charge in [0, 0.05) is 31.4 Å². The van der Waals surface area contributed by atoms with E-state index in [2.05, 4.69) is 22.3 Å². The summed E-state index contributed by atoms with van der Waals surface area (Å²) in [7, 11) is 1.60. The fourth-order valence-electron chi connectivity index (χ4n) is 2.91. The van der Waals surface area contributed by atoms with E-state index in [1.54, 1.807) is 26.2 Å². The predicted octanol–water partition coefficient (Wildman–Crippen LogP) is 2.62. The molecule has 1 atom stereocenters. The van der Waals surface area contributed by atoms with Gasteiger partial charge in [-0.25, -0.2) is 0 Å². The van der Waals surface area contributed by atoms with Crippen molar-refractivity contribution in [3.63, 3.8) is 0 Å². The largest absolute Gasteiger partial charge is 0.497 e. The van der Waals surface area contributed by atoms with E-state index >= 15 is 0 Å². The highest BCUT2D eigenvalue weighted by atomic mass is 16.5. The number of ether oxygens (including phenoxy) is 3. The van der Waals surface area contributed by atoms with Gasteiger partial charge in [-0.15, -0.1) is 0 Å². The Morgan fingerprint density at radius 3 is 2.56 bits per heavy atom. The minimum Gasteiger partial charge on any atom is -0.497 e. The first-order valence-electron chi connectivity index (χ1n) is 9.16.